The van der Waals surface area contributed by atoms with Crippen molar-refractivity contribution in [3.8, 4) is 0 Å². The van der Waals surface area contributed by atoms with E-state index in [4.69, 9.17) is 10.5 Å². The number of nitrogens with one attached hydrogen (secondary N) is 1. The molecule has 0 aliphatic heterocycles. The van der Waals surface area contributed by atoms with Gasteiger partial charge in [-0.2, -0.15) is 4.37 Å². The Morgan fingerprint density at radius 1 is 1.60 bits per heavy atom. The lowest BCUT2D eigenvalue weighted by Gasteiger charge is -2.08. The predicted octanol–water partition coefficient (Wildman–Crippen LogP) is 2.28. The van der Waals surface area contributed by atoms with Crippen LogP contribution in [-0.2, 0) is 4.74 Å². The number of rotatable bonds is 6. The number of nitrogens with two attached hydrogens (primary N) is 1. The maximum absolute atomic E-state index is 5.71. The van der Waals surface area contributed by atoms with Gasteiger partial charge in [-0.05, 0) is 31.6 Å². The van der Waals surface area contributed by atoms with Gasteiger partial charge in [0.2, 0.25) is 0 Å². The first-order valence-electron chi connectivity index (χ1n) is 4.79. The molecule has 0 saturated carbocycles. The summed E-state index contributed by atoms with van der Waals surface area (Å²) in [5.41, 5.74) is 5.71. The van der Waals surface area contributed by atoms with Gasteiger partial charge in [-0.3, -0.25) is 0 Å². The molecule has 6 heteroatoms. The van der Waals surface area contributed by atoms with Crippen molar-refractivity contribution in [2.24, 2.45) is 0 Å². The Morgan fingerprint density at radius 3 is 2.93 bits per heavy atom. The Kier molecular flexibility index (Phi) is 5.21. The van der Waals surface area contributed by atoms with E-state index in [1.807, 2.05) is 20.1 Å². The molecule has 1 heterocycles. The van der Waals surface area contributed by atoms with Gasteiger partial charge in [0, 0.05) is 6.54 Å². The Labute approximate surface area is 98.7 Å². The summed E-state index contributed by atoms with van der Waals surface area (Å²) in [7, 11) is 0. The van der Waals surface area contributed by atoms with Crippen LogP contribution in [0.25, 0.3) is 0 Å². The maximum atomic E-state index is 5.71. The summed E-state index contributed by atoms with van der Waals surface area (Å²) in [5, 5.41) is 4.31. The second-order valence-corrected chi connectivity index (χ2v) is 4.87. The molecule has 0 unspecified atom stereocenters. The number of thioether (sulfide) groups is 1. The third-order valence-electron chi connectivity index (χ3n) is 1.72. The molecule has 86 valence electrons. The van der Waals surface area contributed by atoms with Gasteiger partial charge in [-0.1, -0.05) is 0 Å². The van der Waals surface area contributed by atoms with E-state index in [1.165, 1.54) is 11.5 Å². The van der Waals surface area contributed by atoms with E-state index in [1.54, 1.807) is 11.8 Å². The molecule has 1 aromatic heterocycles. The van der Waals surface area contributed by atoms with Crippen molar-refractivity contribution in [1.29, 1.82) is 0 Å². The van der Waals surface area contributed by atoms with Crippen LogP contribution in [0.4, 0.5) is 10.8 Å². The Bertz CT molecular complexity index is 302. The lowest BCUT2D eigenvalue weighted by molar-refractivity contribution is 0.0871. The van der Waals surface area contributed by atoms with Crippen LogP contribution >= 0.6 is 23.3 Å². The van der Waals surface area contributed by atoms with Crippen molar-refractivity contribution < 1.29 is 4.74 Å². The van der Waals surface area contributed by atoms with E-state index in [0.717, 1.165) is 16.4 Å². The summed E-state index contributed by atoms with van der Waals surface area (Å²) in [6, 6.07) is 0. The van der Waals surface area contributed by atoms with E-state index in [0.29, 0.717) is 12.4 Å². The zero-order valence-electron chi connectivity index (χ0n) is 9.24. The van der Waals surface area contributed by atoms with Crippen LogP contribution in [0, 0.1) is 0 Å². The molecule has 0 saturated heterocycles. The number of hydrogen-bond donors (Lipinski definition) is 2. The minimum absolute atomic E-state index is 0.276. The number of nitrogens with zero attached hydrogens (tertiary/aromatic N) is 1. The van der Waals surface area contributed by atoms with E-state index in [9.17, 15) is 0 Å². The first-order chi connectivity index (χ1) is 7.15. The second-order valence-electron chi connectivity index (χ2n) is 3.28. The average Bonchev–Trinajstić information content (AvgIpc) is 2.53. The normalized spacial score (nSPS) is 10.9. The Hall–Kier alpha value is -0.460. The fraction of sp³-hybridized carbons (Fsp3) is 0.667. The highest BCUT2D eigenvalue weighted by Gasteiger charge is 2.09. The molecule has 15 heavy (non-hydrogen) atoms. The molecule has 0 aromatic carbocycles. The zero-order chi connectivity index (χ0) is 11.3. The van der Waals surface area contributed by atoms with Gasteiger partial charge < -0.3 is 15.8 Å². The highest BCUT2D eigenvalue weighted by Crippen LogP contribution is 2.34. The van der Waals surface area contributed by atoms with Crippen molar-refractivity contribution in [2.75, 3.05) is 30.5 Å². The van der Waals surface area contributed by atoms with Crippen LogP contribution < -0.4 is 11.1 Å². The number of ether oxygens (including phenoxy) is 1. The fourth-order valence-corrected chi connectivity index (χ4v) is 2.63. The monoisotopic (exact) mass is 247 g/mol. The molecule has 0 fully saturated rings. The summed E-state index contributed by atoms with van der Waals surface area (Å²) in [6.45, 7) is 5.53. The van der Waals surface area contributed by atoms with Crippen molar-refractivity contribution in [2.45, 2.75) is 24.8 Å². The lowest BCUT2D eigenvalue weighted by atomic mass is 10.5. The standard InChI is InChI=1S/C9H17N3OS2/c1-6(2)13-5-4-11-9-7(14-3)8(10)12-15-9/h6,11H,4-5H2,1-3H3,(H2,10,12). The topological polar surface area (TPSA) is 60.2 Å². The van der Waals surface area contributed by atoms with E-state index < -0.39 is 0 Å². The van der Waals surface area contributed by atoms with Crippen LogP contribution in [0.2, 0.25) is 0 Å². The molecular formula is C9H17N3OS2. The first kappa shape index (κ1) is 12.6. The van der Waals surface area contributed by atoms with Crippen molar-refractivity contribution >= 4 is 34.1 Å². The predicted molar refractivity (Wildman–Crippen MR) is 67.9 cm³/mol. The first-order valence-corrected chi connectivity index (χ1v) is 6.79. The average molecular weight is 247 g/mol. The number of anilines is 2. The highest BCUT2D eigenvalue weighted by molar-refractivity contribution is 7.99. The highest BCUT2D eigenvalue weighted by atomic mass is 32.2. The van der Waals surface area contributed by atoms with E-state index in [2.05, 4.69) is 9.69 Å². The molecule has 0 atom stereocenters. The van der Waals surface area contributed by atoms with Gasteiger partial charge in [0.15, 0.2) is 5.82 Å². The second kappa shape index (κ2) is 6.19. The fourth-order valence-electron chi connectivity index (χ4n) is 1.06. The van der Waals surface area contributed by atoms with Crippen molar-refractivity contribution in [3.05, 3.63) is 0 Å². The maximum Gasteiger partial charge on any atom is 0.153 e. The molecule has 1 rings (SSSR count). The molecule has 0 amide bonds. The van der Waals surface area contributed by atoms with Crippen molar-refractivity contribution in [3.63, 3.8) is 0 Å². The largest absolute Gasteiger partial charge is 0.382 e. The van der Waals surface area contributed by atoms with Gasteiger partial charge in [0.05, 0.1) is 17.6 Å². The van der Waals surface area contributed by atoms with Crippen LogP contribution in [0.1, 0.15) is 13.8 Å². The van der Waals surface area contributed by atoms with E-state index in [-0.39, 0.29) is 6.10 Å². The SMILES string of the molecule is CSc1c(N)nsc1NCCOC(C)C. The smallest absolute Gasteiger partial charge is 0.153 e. The van der Waals surface area contributed by atoms with Gasteiger partial charge in [-0.25, -0.2) is 0 Å². The number of hydrogen-bond acceptors (Lipinski definition) is 6. The number of nitrogen functional groups attached to an aromatic ring is 1. The van der Waals surface area contributed by atoms with Crippen LogP contribution in [0.15, 0.2) is 4.90 Å². The lowest BCUT2D eigenvalue weighted by Crippen LogP contribution is -2.12. The summed E-state index contributed by atoms with van der Waals surface area (Å²) < 4.78 is 9.52. The molecule has 0 aliphatic carbocycles. The molecule has 4 nitrogen and oxygen atoms in total. The van der Waals surface area contributed by atoms with Crippen LogP contribution in [-0.4, -0.2) is 29.9 Å². The summed E-state index contributed by atoms with van der Waals surface area (Å²) >= 11 is 3.01. The number of aromatic nitrogens is 1. The molecule has 0 bridgehead atoms. The van der Waals surface area contributed by atoms with Gasteiger partial charge >= 0.3 is 0 Å². The molecule has 1 aromatic rings. The Morgan fingerprint density at radius 2 is 2.33 bits per heavy atom. The van der Waals surface area contributed by atoms with Gasteiger partial charge in [0.1, 0.15) is 5.00 Å². The van der Waals surface area contributed by atoms with Gasteiger partial charge in [-0.15, -0.1) is 11.8 Å². The zero-order valence-corrected chi connectivity index (χ0v) is 10.9. The quantitative estimate of drug-likeness (QED) is 0.596. The molecular weight excluding hydrogens is 230 g/mol. The minimum atomic E-state index is 0.276. The Balaban J connectivity index is 2.37. The summed E-state index contributed by atoms with van der Waals surface area (Å²) in [4.78, 5) is 1.03. The third-order valence-corrected chi connectivity index (χ3v) is 3.49. The minimum Gasteiger partial charge on any atom is -0.382 e. The van der Waals surface area contributed by atoms with Crippen molar-refractivity contribution in [1.82, 2.24) is 4.37 Å². The van der Waals surface area contributed by atoms with E-state index >= 15 is 0 Å². The summed E-state index contributed by atoms with van der Waals surface area (Å²) in [5.74, 6) is 0.611. The molecule has 0 radical (unpaired) electrons. The molecule has 0 spiro atoms. The van der Waals surface area contributed by atoms with Gasteiger partial charge in [0.25, 0.3) is 0 Å². The van der Waals surface area contributed by atoms with Crippen LogP contribution in [0.5, 0.6) is 0 Å². The summed E-state index contributed by atoms with van der Waals surface area (Å²) in [6.07, 6.45) is 2.27. The molecule has 3 N–H and O–H groups in total. The third kappa shape index (κ3) is 3.89. The van der Waals surface area contributed by atoms with Crippen LogP contribution in [0.3, 0.4) is 0 Å². The molecule has 0 aliphatic rings.